The second-order valence-electron chi connectivity index (χ2n) is 6.18. The highest BCUT2D eigenvalue weighted by Crippen LogP contribution is 2.54. The minimum absolute atomic E-state index is 0.122. The summed E-state index contributed by atoms with van der Waals surface area (Å²) in [7, 11) is 2.92. The number of carboxylic acid groups (broad SMARTS) is 2. The summed E-state index contributed by atoms with van der Waals surface area (Å²) < 4.78 is 10.4. The molecule has 0 bridgehead atoms. The highest BCUT2D eigenvalue weighted by molar-refractivity contribution is 6.17. The summed E-state index contributed by atoms with van der Waals surface area (Å²) >= 11 is 0. The van der Waals surface area contributed by atoms with Crippen LogP contribution in [0.2, 0.25) is 0 Å². The third-order valence-electron chi connectivity index (χ3n) is 5.40. The molecule has 0 aromatic heterocycles. The standard InChI is InChI=1S/C18H23NO7/c1-5-17(6-2)14(20)19(18(17,15(21)22)16(23)24)10-11-7-8-12(25-3)9-13(11)26-4/h7-9H,5-6,10H2,1-4H3,(H,21,22)(H,23,24). The zero-order valence-corrected chi connectivity index (χ0v) is 15.2. The number of benzene rings is 1. The van der Waals surface area contributed by atoms with E-state index in [-0.39, 0.29) is 19.4 Å². The van der Waals surface area contributed by atoms with Crippen LogP contribution in [0.25, 0.3) is 0 Å². The molecular weight excluding hydrogens is 342 g/mol. The Morgan fingerprint density at radius 1 is 1.08 bits per heavy atom. The molecule has 1 aliphatic heterocycles. The first-order chi connectivity index (χ1) is 12.3. The fourth-order valence-electron chi connectivity index (χ4n) is 3.91. The van der Waals surface area contributed by atoms with Gasteiger partial charge in [-0.05, 0) is 25.0 Å². The first kappa shape index (κ1) is 19.6. The molecule has 0 radical (unpaired) electrons. The van der Waals surface area contributed by atoms with Gasteiger partial charge in [-0.1, -0.05) is 13.8 Å². The Morgan fingerprint density at radius 3 is 2.08 bits per heavy atom. The van der Waals surface area contributed by atoms with Crippen LogP contribution >= 0.6 is 0 Å². The maximum atomic E-state index is 12.8. The van der Waals surface area contributed by atoms with Crippen LogP contribution < -0.4 is 9.47 Å². The summed E-state index contributed by atoms with van der Waals surface area (Å²) in [5.74, 6) is -2.65. The molecule has 1 saturated heterocycles. The molecule has 2 rings (SSSR count). The molecule has 1 aliphatic rings. The van der Waals surface area contributed by atoms with Gasteiger partial charge < -0.3 is 24.6 Å². The number of likely N-dealkylation sites (tertiary alicyclic amines) is 1. The maximum Gasteiger partial charge on any atom is 0.342 e. The number of nitrogens with zero attached hydrogens (tertiary/aromatic N) is 1. The fraction of sp³-hybridized carbons (Fsp3) is 0.500. The summed E-state index contributed by atoms with van der Waals surface area (Å²) in [5.41, 5.74) is -3.28. The quantitative estimate of drug-likeness (QED) is 0.533. The zero-order valence-electron chi connectivity index (χ0n) is 15.2. The van der Waals surface area contributed by atoms with Crippen LogP contribution in [0.5, 0.6) is 11.5 Å². The third kappa shape index (κ3) is 2.32. The summed E-state index contributed by atoms with van der Waals surface area (Å²) in [6.45, 7) is 3.08. The van der Waals surface area contributed by atoms with Crippen molar-refractivity contribution in [2.45, 2.75) is 38.8 Å². The first-order valence-electron chi connectivity index (χ1n) is 8.26. The number of rotatable bonds is 8. The Balaban J connectivity index is 2.54. The number of methoxy groups -OCH3 is 2. The van der Waals surface area contributed by atoms with Gasteiger partial charge >= 0.3 is 11.9 Å². The van der Waals surface area contributed by atoms with E-state index in [2.05, 4.69) is 0 Å². The second-order valence-corrected chi connectivity index (χ2v) is 6.18. The third-order valence-corrected chi connectivity index (χ3v) is 5.40. The van der Waals surface area contributed by atoms with E-state index >= 15 is 0 Å². The van der Waals surface area contributed by atoms with Gasteiger partial charge in [-0.15, -0.1) is 0 Å². The number of hydrogen-bond acceptors (Lipinski definition) is 5. The average Bonchev–Trinajstić information content (AvgIpc) is 2.63. The molecule has 2 N–H and O–H groups in total. The van der Waals surface area contributed by atoms with Crippen LogP contribution in [0.3, 0.4) is 0 Å². The molecule has 8 nitrogen and oxygen atoms in total. The smallest absolute Gasteiger partial charge is 0.342 e. The molecule has 1 aromatic carbocycles. The Bertz CT molecular complexity index is 725. The second kappa shape index (κ2) is 6.86. The number of aliphatic carboxylic acids is 2. The van der Waals surface area contributed by atoms with Crippen LogP contribution in [-0.2, 0) is 20.9 Å². The van der Waals surface area contributed by atoms with Gasteiger partial charge in [0.1, 0.15) is 11.5 Å². The Hall–Kier alpha value is -2.77. The van der Waals surface area contributed by atoms with Crippen molar-refractivity contribution in [2.75, 3.05) is 14.2 Å². The van der Waals surface area contributed by atoms with Crippen molar-refractivity contribution < 1.29 is 34.1 Å². The van der Waals surface area contributed by atoms with Crippen LogP contribution in [0.15, 0.2) is 18.2 Å². The van der Waals surface area contributed by atoms with E-state index in [9.17, 15) is 24.6 Å². The lowest BCUT2D eigenvalue weighted by atomic mass is 9.56. The largest absolute Gasteiger partial charge is 0.497 e. The normalized spacial score (nSPS) is 17.4. The van der Waals surface area contributed by atoms with Crippen molar-refractivity contribution in [3.05, 3.63) is 23.8 Å². The number of amides is 1. The molecule has 8 heteroatoms. The molecule has 0 spiro atoms. The number of carbonyl (C=O) groups excluding carboxylic acids is 1. The molecule has 1 aromatic rings. The first-order valence-corrected chi connectivity index (χ1v) is 8.26. The summed E-state index contributed by atoms with van der Waals surface area (Å²) in [6, 6.07) is 4.85. The van der Waals surface area contributed by atoms with E-state index in [1.54, 1.807) is 32.0 Å². The molecule has 26 heavy (non-hydrogen) atoms. The minimum Gasteiger partial charge on any atom is -0.497 e. The zero-order chi connectivity index (χ0) is 19.7. The number of carboxylic acids is 2. The molecule has 1 amide bonds. The van der Waals surface area contributed by atoms with Crippen LogP contribution in [-0.4, -0.2) is 52.7 Å². The van der Waals surface area contributed by atoms with Crippen LogP contribution in [0.1, 0.15) is 32.3 Å². The van der Waals surface area contributed by atoms with Crippen molar-refractivity contribution in [1.82, 2.24) is 4.90 Å². The van der Waals surface area contributed by atoms with Crippen molar-refractivity contribution in [1.29, 1.82) is 0 Å². The molecule has 1 heterocycles. The van der Waals surface area contributed by atoms with Gasteiger partial charge in [0.2, 0.25) is 5.91 Å². The predicted octanol–water partition coefficient (Wildman–Crippen LogP) is 1.76. The van der Waals surface area contributed by atoms with E-state index < -0.39 is 28.8 Å². The summed E-state index contributed by atoms with van der Waals surface area (Å²) in [6.07, 6.45) is 0.244. The maximum absolute atomic E-state index is 12.8. The molecule has 1 fully saturated rings. The predicted molar refractivity (Wildman–Crippen MR) is 91.1 cm³/mol. The molecule has 0 saturated carbocycles. The number of ether oxygens (including phenoxy) is 2. The highest BCUT2D eigenvalue weighted by atomic mass is 16.5. The summed E-state index contributed by atoms with van der Waals surface area (Å²) in [5, 5.41) is 19.6. The molecular formula is C18H23NO7. The van der Waals surface area contributed by atoms with Crippen molar-refractivity contribution in [3.8, 4) is 11.5 Å². The molecule has 0 atom stereocenters. The van der Waals surface area contributed by atoms with Gasteiger partial charge in [0.05, 0.1) is 26.2 Å². The Labute approximate surface area is 151 Å². The number of carbonyl (C=O) groups is 3. The van der Waals surface area contributed by atoms with Crippen LogP contribution in [0, 0.1) is 5.41 Å². The highest BCUT2D eigenvalue weighted by Gasteiger charge is 2.78. The van der Waals surface area contributed by atoms with Gasteiger partial charge in [0.25, 0.3) is 5.54 Å². The molecule has 142 valence electrons. The lowest BCUT2D eigenvalue weighted by Crippen LogP contribution is -2.83. The molecule has 0 unspecified atom stereocenters. The topological polar surface area (TPSA) is 113 Å². The van der Waals surface area contributed by atoms with Gasteiger partial charge in [0.15, 0.2) is 0 Å². The van der Waals surface area contributed by atoms with Crippen molar-refractivity contribution in [3.63, 3.8) is 0 Å². The minimum atomic E-state index is -2.31. The van der Waals surface area contributed by atoms with Crippen molar-refractivity contribution in [2.24, 2.45) is 5.41 Å². The number of β-lactam (4-membered cyclic amide) rings is 1. The monoisotopic (exact) mass is 365 g/mol. The fourth-order valence-corrected chi connectivity index (χ4v) is 3.91. The van der Waals surface area contributed by atoms with Gasteiger partial charge in [-0.2, -0.15) is 0 Å². The summed E-state index contributed by atoms with van der Waals surface area (Å²) in [4.78, 5) is 37.8. The average molecular weight is 365 g/mol. The van der Waals surface area contributed by atoms with Crippen LogP contribution in [0.4, 0.5) is 0 Å². The van der Waals surface area contributed by atoms with E-state index in [0.717, 1.165) is 4.90 Å². The molecule has 0 aliphatic carbocycles. The van der Waals surface area contributed by atoms with E-state index in [4.69, 9.17) is 9.47 Å². The van der Waals surface area contributed by atoms with Gasteiger partial charge in [-0.25, -0.2) is 9.59 Å². The SMILES string of the molecule is CCC1(CC)C(=O)N(Cc2ccc(OC)cc2OC)C1(C(=O)O)C(=O)O. The Morgan fingerprint density at radius 2 is 1.65 bits per heavy atom. The Kier molecular flexibility index (Phi) is 5.16. The van der Waals surface area contributed by atoms with Gasteiger partial charge in [0, 0.05) is 11.6 Å². The number of hydrogen-bond donors (Lipinski definition) is 2. The van der Waals surface area contributed by atoms with E-state index in [0.29, 0.717) is 17.1 Å². The van der Waals surface area contributed by atoms with E-state index in [1.807, 2.05) is 0 Å². The van der Waals surface area contributed by atoms with Gasteiger partial charge in [-0.3, -0.25) is 4.79 Å². The van der Waals surface area contributed by atoms with Crippen molar-refractivity contribution >= 4 is 17.8 Å². The lowest BCUT2D eigenvalue weighted by Gasteiger charge is -2.59. The lowest BCUT2D eigenvalue weighted by molar-refractivity contribution is -0.217. The van der Waals surface area contributed by atoms with E-state index in [1.165, 1.54) is 14.2 Å².